The number of amides is 1. The van der Waals surface area contributed by atoms with Crippen molar-refractivity contribution in [3.05, 3.63) is 72.6 Å². The number of aryl methyl sites for hydroxylation is 2. The third kappa shape index (κ3) is 6.07. The number of carboxylic acid groups (broad SMARTS) is 1. The highest BCUT2D eigenvalue weighted by Gasteiger charge is 2.47. The van der Waals surface area contributed by atoms with E-state index < -0.39 is 11.9 Å². The average molecular weight is 547 g/mol. The molecular formula is C30H36N5O5+. The number of likely N-dealkylation sites (tertiary alicyclic amines) is 1. The first-order valence-electron chi connectivity index (χ1n) is 13.8. The summed E-state index contributed by atoms with van der Waals surface area (Å²) >= 11 is 0. The van der Waals surface area contributed by atoms with Gasteiger partial charge in [0, 0.05) is 49.9 Å². The second-order valence-corrected chi connectivity index (χ2v) is 10.4. The van der Waals surface area contributed by atoms with Gasteiger partial charge in [0.25, 0.3) is 0 Å². The highest BCUT2D eigenvalue weighted by atomic mass is 16.7. The topological polar surface area (TPSA) is 109 Å². The number of pyridine rings is 1. The predicted molar refractivity (Wildman–Crippen MR) is 147 cm³/mol. The van der Waals surface area contributed by atoms with Gasteiger partial charge in [-0.1, -0.05) is 19.4 Å². The molecule has 10 heteroatoms. The maximum atomic E-state index is 13.9. The summed E-state index contributed by atoms with van der Waals surface area (Å²) in [6.07, 6.45) is 10.1. The van der Waals surface area contributed by atoms with Gasteiger partial charge >= 0.3 is 5.97 Å². The number of fused-ring (bicyclic) bond motifs is 1. The van der Waals surface area contributed by atoms with E-state index in [-0.39, 0.29) is 31.2 Å². The van der Waals surface area contributed by atoms with Crippen LogP contribution in [0.5, 0.6) is 11.5 Å². The maximum Gasteiger partial charge on any atom is 0.308 e. The molecule has 0 radical (unpaired) electrons. The number of anilines is 1. The summed E-state index contributed by atoms with van der Waals surface area (Å²) in [4.78, 5) is 39.2. The van der Waals surface area contributed by atoms with Crippen molar-refractivity contribution in [2.24, 2.45) is 13.0 Å². The van der Waals surface area contributed by atoms with E-state index in [1.807, 2.05) is 64.1 Å². The number of hydrogen-bond donors (Lipinski definition) is 1. The Kier molecular flexibility index (Phi) is 8.54. The Morgan fingerprint density at radius 3 is 2.70 bits per heavy atom. The number of unbranched alkanes of at least 4 members (excludes halogenated alkanes) is 1. The fourth-order valence-electron chi connectivity index (χ4n) is 5.77. The summed E-state index contributed by atoms with van der Waals surface area (Å²) in [5.74, 6) is -0.0267. The first kappa shape index (κ1) is 27.5. The van der Waals surface area contributed by atoms with Crippen LogP contribution in [0, 0.1) is 5.92 Å². The standard InChI is InChI=1S/C30H35N5O5/c1-3-4-15-35(22-7-5-14-33(2)17-22)28(36)19-34-18-23(21-8-10-25-26(16-21)40-20-39-25)29(30(37)38)24(34)9-11-27-31-12-6-13-32-27/h5-8,10,12-14,16-17,23-24,29H,3-4,9,11,15,18-20H2,1-2H3/p+1/t23-,24+,29-/m1/s1. The smallest absolute Gasteiger partial charge is 0.308 e. The van der Waals surface area contributed by atoms with Crippen LogP contribution in [0.15, 0.2) is 61.2 Å². The normalized spacial score (nSPS) is 20.0. The second kappa shape index (κ2) is 12.4. The van der Waals surface area contributed by atoms with E-state index in [1.54, 1.807) is 18.5 Å². The third-order valence-corrected chi connectivity index (χ3v) is 7.75. The Balaban J connectivity index is 1.44. The molecule has 2 aliphatic rings. The van der Waals surface area contributed by atoms with Gasteiger partial charge in [0.1, 0.15) is 18.6 Å². The van der Waals surface area contributed by atoms with Crippen molar-refractivity contribution in [2.75, 3.05) is 31.3 Å². The molecule has 3 aromatic rings. The van der Waals surface area contributed by atoms with Crippen molar-refractivity contribution in [3.63, 3.8) is 0 Å². The number of carbonyl (C=O) groups is 2. The SMILES string of the molecule is CCCCN(C(=O)CN1C[C@H](c2ccc3c(c2)OCO3)[C@@H](C(=O)O)[C@@H]1CCc1ncccn1)c1ccc[n+](C)c1. The molecule has 1 aromatic carbocycles. The van der Waals surface area contributed by atoms with Crippen LogP contribution in [0.3, 0.4) is 0 Å². The first-order chi connectivity index (χ1) is 19.4. The van der Waals surface area contributed by atoms with Crippen molar-refractivity contribution in [2.45, 2.75) is 44.6 Å². The van der Waals surface area contributed by atoms with Crippen LogP contribution in [0.1, 0.15) is 43.5 Å². The minimum Gasteiger partial charge on any atom is -0.481 e. The summed E-state index contributed by atoms with van der Waals surface area (Å²) < 4.78 is 13.0. The van der Waals surface area contributed by atoms with Gasteiger partial charge in [0.05, 0.1) is 12.5 Å². The van der Waals surface area contributed by atoms with Crippen LogP contribution in [0.2, 0.25) is 0 Å². The van der Waals surface area contributed by atoms with Crippen molar-refractivity contribution in [3.8, 4) is 11.5 Å². The molecule has 0 spiro atoms. The summed E-state index contributed by atoms with van der Waals surface area (Å²) in [5.41, 5.74) is 1.70. The number of benzene rings is 1. The molecule has 40 heavy (non-hydrogen) atoms. The van der Waals surface area contributed by atoms with Crippen LogP contribution in [0.4, 0.5) is 5.69 Å². The molecule has 2 aromatic heterocycles. The molecule has 10 nitrogen and oxygen atoms in total. The quantitative estimate of drug-likeness (QED) is 0.366. The van der Waals surface area contributed by atoms with E-state index in [4.69, 9.17) is 9.47 Å². The van der Waals surface area contributed by atoms with Crippen molar-refractivity contribution < 1.29 is 28.7 Å². The number of ether oxygens (including phenoxy) is 2. The van der Waals surface area contributed by atoms with Crippen LogP contribution in [-0.4, -0.2) is 64.3 Å². The van der Waals surface area contributed by atoms with Crippen molar-refractivity contribution in [1.82, 2.24) is 14.9 Å². The minimum absolute atomic E-state index is 0.0453. The highest BCUT2D eigenvalue weighted by molar-refractivity contribution is 5.94. The van der Waals surface area contributed by atoms with Gasteiger partial charge in [-0.3, -0.25) is 14.5 Å². The molecule has 0 saturated carbocycles. The zero-order chi connectivity index (χ0) is 28.1. The van der Waals surface area contributed by atoms with Crippen LogP contribution in [-0.2, 0) is 23.1 Å². The maximum absolute atomic E-state index is 13.9. The molecule has 1 N–H and O–H groups in total. The number of carbonyl (C=O) groups excluding carboxylic acids is 1. The third-order valence-electron chi connectivity index (χ3n) is 7.75. The predicted octanol–water partition coefficient (Wildman–Crippen LogP) is 2.96. The van der Waals surface area contributed by atoms with Crippen LogP contribution >= 0.6 is 0 Å². The number of aliphatic carboxylic acids is 1. The Labute approximate surface area is 234 Å². The molecule has 2 aliphatic heterocycles. The Hall–Kier alpha value is -4.05. The molecule has 0 unspecified atom stereocenters. The van der Waals surface area contributed by atoms with Gasteiger partial charge in [0.2, 0.25) is 12.7 Å². The fraction of sp³-hybridized carbons (Fsp3) is 0.433. The van der Waals surface area contributed by atoms with E-state index in [9.17, 15) is 14.7 Å². The molecule has 5 rings (SSSR count). The van der Waals surface area contributed by atoms with E-state index in [0.717, 1.165) is 24.1 Å². The summed E-state index contributed by atoms with van der Waals surface area (Å²) in [6.45, 7) is 3.41. The molecule has 4 heterocycles. The minimum atomic E-state index is -0.880. The summed E-state index contributed by atoms with van der Waals surface area (Å²) in [7, 11) is 1.93. The van der Waals surface area contributed by atoms with E-state index in [1.165, 1.54) is 0 Å². The lowest BCUT2D eigenvalue weighted by molar-refractivity contribution is -0.670. The van der Waals surface area contributed by atoms with Gasteiger partial charge in [-0.2, -0.15) is 0 Å². The molecular weight excluding hydrogens is 510 g/mol. The van der Waals surface area contributed by atoms with E-state index in [2.05, 4.69) is 16.9 Å². The van der Waals surface area contributed by atoms with E-state index in [0.29, 0.717) is 43.3 Å². The molecule has 3 atom stereocenters. The largest absolute Gasteiger partial charge is 0.481 e. The van der Waals surface area contributed by atoms with Crippen LogP contribution in [0.25, 0.3) is 0 Å². The Morgan fingerprint density at radius 2 is 1.95 bits per heavy atom. The lowest BCUT2D eigenvalue weighted by atomic mass is 9.83. The van der Waals surface area contributed by atoms with E-state index >= 15 is 0 Å². The summed E-state index contributed by atoms with van der Waals surface area (Å²) in [6, 6.07) is 10.9. The Bertz CT molecular complexity index is 1340. The lowest BCUT2D eigenvalue weighted by Gasteiger charge is -2.29. The Morgan fingerprint density at radius 1 is 1.15 bits per heavy atom. The lowest BCUT2D eigenvalue weighted by Crippen LogP contribution is -2.45. The average Bonchev–Trinajstić information content (AvgIpc) is 3.57. The number of hydrogen-bond acceptors (Lipinski definition) is 7. The molecule has 1 fully saturated rings. The van der Waals surface area contributed by atoms with Crippen LogP contribution < -0.4 is 18.9 Å². The first-order valence-corrected chi connectivity index (χ1v) is 13.8. The molecule has 1 amide bonds. The summed E-state index contributed by atoms with van der Waals surface area (Å²) in [5, 5.41) is 10.5. The highest BCUT2D eigenvalue weighted by Crippen LogP contribution is 2.43. The zero-order valence-electron chi connectivity index (χ0n) is 23.0. The monoisotopic (exact) mass is 546 g/mol. The number of nitrogens with zero attached hydrogens (tertiary/aromatic N) is 5. The van der Waals surface area contributed by atoms with Gasteiger partial charge in [0.15, 0.2) is 23.9 Å². The molecule has 1 saturated heterocycles. The molecule has 0 aliphatic carbocycles. The second-order valence-electron chi connectivity index (χ2n) is 10.4. The number of aromatic nitrogens is 3. The van der Waals surface area contributed by atoms with Crippen molar-refractivity contribution >= 4 is 17.6 Å². The van der Waals surface area contributed by atoms with Crippen molar-refractivity contribution in [1.29, 1.82) is 0 Å². The van der Waals surface area contributed by atoms with Gasteiger partial charge < -0.3 is 19.5 Å². The number of carboxylic acids is 1. The zero-order valence-corrected chi connectivity index (χ0v) is 23.0. The molecule has 210 valence electrons. The molecule has 0 bridgehead atoms. The number of rotatable bonds is 11. The van der Waals surface area contributed by atoms with Gasteiger partial charge in [-0.05, 0) is 42.7 Å². The van der Waals surface area contributed by atoms with Gasteiger partial charge in [-0.25, -0.2) is 14.5 Å². The van der Waals surface area contributed by atoms with Gasteiger partial charge in [-0.15, -0.1) is 0 Å². The fourth-order valence-corrected chi connectivity index (χ4v) is 5.77.